The Hall–Kier alpha value is -2.18. The van der Waals surface area contributed by atoms with Gasteiger partial charge in [-0.15, -0.1) is 10.2 Å². The molecule has 2 heterocycles. The molecule has 1 atom stereocenters. The van der Waals surface area contributed by atoms with Crippen LogP contribution in [0.25, 0.3) is 22.0 Å². The van der Waals surface area contributed by atoms with Gasteiger partial charge in [0.15, 0.2) is 5.82 Å². The number of phenols is 1. The molecule has 1 aliphatic heterocycles. The van der Waals surface area contributed by atoms with E-state index in [0.717, 1.165) is 58.3 Å². The van der Waals surface area contributed by atoms with Crippen molar-refractivity contribution in [3.63, 3.8) is 0 Å². The van der Waals surface area contributed by atoms with Gasteiger partial charge in [-0.1, -0.05) is 28.1 Å². The van der Waals surface area contributed by atoms with E-state index < -0.39 is 0 Å². The summed E-state index contributed by atoms with van der Waals surface area (Å²) in [5, 5.41) is 28.7. The van der Waals surface area contributed by atoms with E-state index >= 15 is 0 Å². The van der Waals surface area contributed by atoms with Gasteiger partial charge in [-0.25, -0.2) is 0 Å². The van der Waals surface area contributed by atoms with Crippen LogP contribution in [0.15, 0.2) is 40.9 Å². The van der Waals surface area contributed by atoms with E-state index in [1.807, 2.05) is 24.3 Å². The largest absolute Gasteiger partial charge is 0.507 e. The highest BCUT2D eigenvalue weighted by Gasteiger charge is 2.25. The SMILES string of the molecule is Oc1cc(C2CC2)ccc1-c1nnc(NC2CCCNC2)c2cc(Br)ccc12. The summed E-state index contributed by atoms with van der Waals surface area (Å²) < 4.78 is 0.997. The first-order chi connectivity index (χ1) is 13.7. The van der Waals surface area contributed by atoms with Gasteiger partial charge in [-0.3, -0.25) is 0 Å². The standard InChI is InChI=1S/C22H23BrN4O/c23-15-6-8-17-19(11-15)22(25-16-2-1-9-24-12-16)27-26-21(17)18-7-5-14(10-20(18)28)13-3-4-13/h5-8,10-11,13,16,24,28H,1-4,9,12H2,(H,25,27). The summed E-state index contributed by atoms with van der Waals surface area (Å²) in [6.45, 7) is 2.01. The second-order valence-corrected chi connectivity index (χ2v) is 8.74. The van der Waals surface area contributed by atoms with Crippen molar-refractivity contribution in [3.8, 4) is 17.0 Å². The molecular weight excluding hydrogens is 416 g/mol. The molecule has 1 aromatic heterocycles. The van der Waals surface area contributed by atoms with Crippen LogP contribution in [0.1, 0.15) is 37.2 Å². The van der Waals surface area contributed by atoms with Gasteiger partial charge in [0, 0.05) is 33.4 Å². The zero-order chi connectivity index (χ0) is 19.1. The zero-order valence-electron chi connectivity index (χ0n) is 15.6. The molecule has 0 bridgehead atoms. The number of nitrogens with zero attached hydrogens (tertiary/aromatic N) is 2. The number of piperidine rings is 1. The molecule has 2 aromatic carbocycles. The third kappa shape index (κ3) is 3.47. The Morgan fingerprint density at radius 2 is 1.93 bits per heavy atom. The van der Waals surface area contributed by atoms with Crippen LogP contribution in [0.5, 0.6) is 5.75 Å². The molecule has 1 saturated carbocycles. The van der Waals surface area contributed by atoms with Crippen LogP contribution in [-0.4, -0.2) is 34.4 Å². The lowest BCUT2D eigenvalue weighted by Crippen LogP contribution is -2.38. The van der Waals surface area contributed by atoms with Gasteiger partial charge in [0.2, 0.25) is 0 Å². The molecule has 0 amide bonds. The molecule has 0 spiro atoms. The van der Waals surface area contributed by atoms with Crippen LogP contribution in [0, 0.1) is 0 Å². The summed E-state index contributed by atoms with van der Waals surface area (Å²) in [4.78, 5) is 0. The highest BCUT2D eigenvalue weighted by molar-refractivity contribution is 9.10. The topological polar surface area (TPSA) is 70.1 Å². The number of aromatic nitrogens is 2. The van der Waals surface area contributed by atoms with Gasteiger partial charge < -0.3 is 15.7 Å². The van der Waals surface area contributed by atoms with E-state index in [2.05, 4.69) is 48.9 Å². The Morgan fingerprint density at radius 1 is 1.04 bits per heavy atom. The molecule has 5 nitrogen and oxygen atoms in total. The van der Waals surface area contributed by atoms with E-state index in [9.17, 15) is 5.11 Å². The second-order valence-electron chi connectivity index (χ2n) is 7.83. The van der Waals surface area contributed by atoms with Crippen LogP contribution >= 0.6 is 15.9 Å². The monoisotopic (exact) mass is 438 g/mol. The van der Waals surface area contributed by atoms with Crippen molar-refractivity contribution in [1.29, 1.82) is 0 Å². The van der Waals surface area contributed by atoms with Gasteiger partial charge >= 0.3 is 0 Å². The Labute approximate surface area is 172 Å². The van der Waals surface area contributed by atoms with Crippen LogP contribution in [0.2, 0.25) is 0 Å². The van der Waals surface area contributed by atoms with E-state index in [4.69, 9.17) is 0 Å². The molecule has 5 rings (SSSR count). The minimum absolute atomic E-state index is 0.278. The molecule has 1 unspecified atom stereocenters. The third-order valence-electron chi connectivity index (χ3n) is 5.71. The predicted molar refractivity (Wildman–Crippen MR) is 116 cm³/mol. The fourth-order valence-corrected chi connectivity index (χ4v) is 4.38. The van der Waals surface area contributed by atoms with Crippen LogP contribution < -0.4 is 10.6 Å². The van der Waals surface area contributed by atoms with Crippen molar-refractivity contribution in [3.05, 3.63) is 46.4 Å². The minimum Gasteiger partial charge on any atom is -0.507 e. The highest BCUT2D eigenvalue weighted by Crippen LogP contribution is 2.43. The molecule has 1 saturated heterocycles. The van der Waals surface area contributed by atoms with E-state index in [-0.39, 0.29) is 5.75 Å². The molecule has 3 aromatic rings. The number of aromatic hydroxyl groups is 1. The average molecular weight is 439 g/mol. The first kappa shape index (κ1) is 17.9. The van der Waals surface area contributed by atoms with Crippen LogP contribution in [0.3, 0.4) is 0 Å². The quantitative estimate of drug-likeness (QED) is 0.545. The molecule has 1 aliphatic carbocycles. The van der Waals surface area contributed by atoms with Gasteiger partial charge in [-0.2, -0.15) is 0 Å². The summed E-state index contributed by atoms with van der Waals surface area (Å²) in [5.74, 6) is 1.68. The summed E-state index contributed by atoms with van der Waals surface area (Å²) in [6.07, 6.45) is 4.71. The molecular formula is C22H23BrN4O. The summed E-state index contributed by atoms with van der Waals surface area (Å²) in [5.41, 5.74) is 2.66. The van der Waals surface area contributed by atoms with Crippen molar-refractivity contribution < 1.29 is 5.11 Å². The van der Waals surface area contributed by atoms with Gasteiger partial charge in [0.05, 0.1) is 0 Å². The maximum absolute atomic E-state index is 10.7. The smallest absolute Gasteiger partial charge is 0.156 e. The van der Waals surface area contributed by atoms with Gasteiger partial charge in [-0.05, 0) is 68.0 Å². The van der Waals surface area contributed by atoms with E-state index in [1.165, 1.54) is 18.4 Å². The zero-order valence-corrected chi connectivity index (χ0v) is 17.2. The van der Waals surface area contributed by atoms with Crippen molar-refractivity contribution in [2.24, 2.45) is 0 Å². The second kappa shape index (κ2) is 7.33. The minimum atomic E-state index is 0.278. The lowest BCUT2D eigenvalue weighted by Gasteiger charge is -2.25. The van der Waals surface area contributed by atoms with Gasteiger partial charge in [0.1, 0.15) is 11.4 Å². The Morgan fingerprint density at radius 3 is 2.68 bits per heavy atom. The number of hydrogen-bond donors (Lipinski definition) is 3. The van der Waals surface area contributed by atoms with Crippen LogP contribution in [0.4, 0.5) is 5.82 Å². The average Bonchev–Trinajstić information content (AvgIpc) is 3.55. The molecule has 3 N–H and O–H groups in total. The number of fused-ring (bicyclic) bond motifs is 1. The number of halogens is 1. The normalized spacial score (nSPS) is 19.7. The third-order valence-corrected chi connectivity index (χ3v) is 6.20. The number of rotatable bonds is 4. The number of hydrogen-bond acceptors (Lipinski definition) is 5. The van der Waals surface area contributed by atoms with Gasteiger partial charge in [0.25, 0.3) is 0 Å². The predicted octanol–water partition coefficient (Wildman–Crippen LogP) is 4.81. The summed E-state index contributed by atoms with van der Waals surface area (Å²) in [7, 11) is 0. The Bertz CT molecular complexity index is 1030. The van der Waals surface area contributed by atoms with E-state index in [1.54, 1.807) is 0 Å². The van der Waals surface area contributed by atoms with E-state index in [0.29, 0.717) is 12.0 Å². The van der Waals surface area contributed by atoms with Crippen molar-refractivity contribution in [2.75, 3.05) is 18.4 Å². The molecule has 2 fully saturated rings. The van der Waals surface area contributed by atoms with Crippen molar-refractivity contribution >= 4 is 32.5 Å². The first-order valence-corrected chi connectivity index (χ1v) is 10.7. The Balaban J connectivity index is 1.57. The molecule has 2 aliphatic rings. The Kier molecular flexibility index (Phi) is 4.69. The number of benzene rings is 2. The molecule has 6 heteroatoms. The summed E-state index contributed by atoms with van der Waals surface area (Å²) in [6, 6.07) is 12.5. The fraction of sp³-hybridized carbons (Fsp3) is 0.364. The first-order valence-electron chi connectivity index (χ1n) is 9.95. The number of phenolic OH excluding ortho intramolecular Hbond substituents is 1. The summed E-state index contributed by atoms with van der Waals surface area (Å²) >= 11 is 3.58. The lowest BCUT2D eigenvalue weighted by atomic mass is 10.0. The molecule has 0 radical (unpaired) electrons. The van der Waals surface area contributed by atoms with Crippen molar-refractivity contribution in [2.45, 2.75) is 37.6 Å². The maximum atomic E-state index is 10.7. The lowest BCUT2D eigenvalue weighted by molar-refractivity contribution is 0.476. The van der Waals surface area contributed by atoms with Crippen molar-refractivity contribution in [1.82, 2.24) is 15.5 Å². The molecule has 144 valence electrons. The fourth-order valence-electron chi connectivity index (χ4n) is 4.02. The molecule has 28 heavy (non-hydrogen) atoms. The highest BCUT2D eigenvalue weighted by atomic mass is 79.9. The number of nitrogens with one attached hydrogen (secondary N) is 2. The number of anilines is 1. The van der Waals surface area contributed by atoms with Crippen LogP contribution in [-0.2, 0) is 0 Å². The maximum Gasteiger partial charge on any atom is 0.156 e.